The van der Waals surface area contributed by atoms with E-state index in [1.165, 1.54) is 5.56 Å². The van der Waals surface area contributed by atoms with Crippen molar-refractivity contribution in [2.75, 3.05) is 6.54 Å². The number of aromatic nitrogens is 1. The number of aryl methyl sites for hydroxylation is 3. The third kappa shape index (κ3) is 11.3. The van der Waals surface area contributed by atoms with Crippen molar-refractivity contribution in [2.45, 2.75) is 58.2 Å². The summed E-state index contributed by atoms with van der Waals surface area (Å²) in [6, 6.07) is 27.3. The maximum atomic E-state index is 13.1. The first kappa shape index (κ1) is 35.2. The molecule has 4 N–H and O–H groups in total. The van der Waals surface area contributed by atoms with E-state index in [9.17, 15) is 24.0 Å². The minimum absolute atomic E-state index is 0.180. The van der Waals surface area contributed by atoms with Crippen molar-refractivity contribution in [1.82, 2.24) is 26.3 Å². The number of hydrogen-bond acceptors (Lipinski definition) is 6. The van der Waals surface area contributed by atoms with Crippen LogP contribution >= 0.6 is 0 Å². The summed E-state index contributed by atoms with van der Waals surface area (Å²) in [6.45, 7) is 3.28. The van der Waals surface area contributed by atoms with Gasteiger partial charge in [-0.15, -0.1) is 0 Å². The summed E-state index contributed by atoms with van der Waals surface area (Å²) in [6.07, 6.45) is 4.76. The maximum absolute atomic E-state index is 13.1. The Morgan fingerprint density at radius 1 is 0.771 bits per heavy atom. The average molecular weight is 648 g/mol. The second-order valence-electron chi connectivity index (χ2n) is 11.6. The van der Waals surface area contributed by atoms with Crippen LogP contribution in [0.25, 0.3) is 11.1 Å². The minimum atomic E-state index is -1.01. The molecule has 248 valence electrons. The smallest absolute Gasteiger partial charge is 0.289 e. The zero-order valence-electron chi connectivity index (χ0n) is 27.2. The van der Waals surface area contributed by atoms with Crippen LogP contribution in [-0.4, -0.2) is 53.0 Å². The summed E-state index contributed by atoms with van der Waals surface area (Å²) in [5.74, 6) is -3.07. The molecule has 0 spiro atoms. The van der Waals surface area contributed by atoms with E-state index in [2.05, 4.69) is 45.3 Å². The van der Waals surface area contributed by atoms with Crippen LogP contribution in [0.5, 0.6) is 0 Å². The molecule has 48 heavy (non-hydrogen) atoms. The van der Waals surface area contributed by atoms with Gasteiger partial charge in [-0.05, 0) is 61.4 Å². The first-order valence-electron chi connectivity index (χ1n) is 15.9. The molecule has 1 aromatic heterocycles. The number of pyridine rings is 1. The van der Waals surface area contributed by atoms with Crippen LogP contribution < -0.4 is 21.3 Å². The van der Waals surface area contributed by atoms with E-state index < -0.39 is 42.1 Å². The Bertz CT molecular complexity index is 1710. The van der Waals surface area contributed by atoms with Crippen molar-refractivity contribution >= 4 is 29.4 Å². The number of nitrogens with zero attached hydrogens (tertiary/aromatic N) is 1. The number of rotatable bonds is 6. The molecule has 4 bridgehead atoms. The standard InChI is InChI=1S/C31H33N5O5.C7H8/c1-20-29(39)36-26(30(40)34-19-27(37)31(41)33-17-22-6-3-2-4-7-22)12-10-23-15-25(18-32-16-23)24-9-5-8-21(14-24)11-13-28(38)35-20;1-7-5-3-2-4-6-7/h2-9,14-16,18,20,26H,10-13,17,19H2,1H3,(H,33,41)(H,34,40)(H,35,38)(H,36,39);2-6H,1H3/t20-,26?;/m0./s1. The summed E-state index contributed by atoms with van der Waals surface area (Å²) in [5.41, 5.74) is 5.87. The Hall–Kier alpha value is -5.64. The van der Waals surface area contributed by atoms with Gasteiger partial charge in [0.25, 0.3) is 5.91 Å². The first-order valence-corrected chi connectivity index (χ1v) is 15.9. The average Bonchev–Trinajstić information content (AvgIpc) is 3.11. The fourth-order valence-corrected chi connectivity index (χ4v) is 4.98. The lowest BCUT2D eigenvalue weighted by Gasteiger charge is -2.21. The fraction of sp³-hybridized carbons (Fsp3) is 0.263. The molecule has 10 heteroatoms. The van der Waals surface area contributed by atoms with E-state index in [1.807, 2.05) is 78.9 Å². The molecule has 0 saturated heterocycles. The molecule has 4 amide bonds. The second kappa shape index (κ2) is 17.9. The van der Waals surface area contributed by atoms with Gasteiger partial charge in [-0.2, -0.15) is 0 Å². The number of hydrogen-bond donors (Lipinski definition) is 4. The minimum Gasteiger partial charge on any atom is -0.347 e. The molecule has 0 fully saturated rings. The van der Waals surface area contributed by atoms with Gasteiger partial charge in [0.2, 0.25) is 23.5 Å². The van der Waals surface area contributed by atoms with Gasteiger partial charge in [0.05, 0.1) is 6.54 Å². The Morgan fingerprint density at radius 2 is 1.48 bits per heavy atom. The molecule has 1 aliphatic heterocycles. The second-order valence-corrected chi connectivity index (χ2v) is 11.6. The Kier molecular flexibility index (Phi) is 13.1. The molecule has 0 aliphatic carbocycles. The van der Waals surface area contributed by atoms with Crippen molar-refractivity contribution in [2.24, 2.45) is 0 Å². The number of benzene rings is 3. The van der Waals surface area contributed by atoms with Gasteiger partial charge in [-0.1, -0.05) is 90.5 Å². The highest BCUT2D eigenvalue weighted by Crippen LogP contribution is 2.22. The number of amides is 4. The third-order valence-electron chi connectivity index (χ3n) is 7.73. The van der Waals surface area contributed by atoms with Crippen LogP contribution in [-0.2, 0) is 43.4 Å². The maximum Gasteiger partial charge on any atom is 0.289 e. The van der Waals surface area contributed by atoms with Gasteiger partial charge in [0.15, 0.2) is 0 Å². The van der Waals surface area contributed by atoms with Gasteiger partial charge in [-0.25, -0.2) is 0 Å². The highest BCUT2D eigenvalue weighted by atomic mass is 16.2. The van der Waals surface area contributed by atoms with Crippen LogP contribution in [0.2, 0.25) is 0 Å². The molecule has 2 atom stereocenters. The number of carbonyl (C=O) groups excluding carboxylic acids is 5. The molecular formula is C38H41N5O5. The number of ketones is 1. The highest BCUT2D eigenvalue weighted by Gasteiger charge is 2.26. The van der Waals surface area contributed by atoms with E-state index in [-0.39, 0.29) is 25.3 Å². The normalized spacial score (nSPS) is 16.2. The van der Waals surface area contributed by atoms with Crippen molar-refractivity contribution in [1.29, 1.82) is 0 Å². The summed E-state index contributed by atoms with van der Waals surface area (Å²) in [7, 11) is 0. The third-order valence-corrected chi connectivity index (χ3v) is 7.73. The number of Topliss-reactive ketones (excluding diaryl/α,β-unsaturated/α-hetero) is 1. The molecule has 0 saturated carbocycles. The van der Waals surface area contributed by atoms with E-state index in [1.54, 1.807) is 19.3 Å². The van der Waals surface area contributed by atoms with Crippen molar-refractivity contribution in [3.63, 3.8) is 0 Å². The molecule has 2 heterocycles. The molecule has 1 aliphatic rings. The Morgan fingerprint density at radius 3 is 2.19 bits per heavy atom. The van der Waals surface area contributed by atoms with Crippen molar-refractivity contribution in [3.05, 3.63) is 126 Å². The van der Waals surface area contributed by atoms with E-state index in [4.69, 9.17) is 0 Å². The molecule has 4 aromatic rings. The molecule has 0 radical (unpaired) electrons. The highest BCUT2D eigenvalue weighted by molar-refractivity contribution is 6.37. The SMILES string of the molecule is C[C@@H]1NC(=O)CCc2cccc(c2)-c2cncc(c2)CCC(C(=O)NCC(=O)C(=O)NCc2ccccc2)NC1=O.Cc1ccccc1. The lowest BCUT2D eigenvalue weighted by atomic mass is 9.99. The van der Waals surface area contributed by atoms with Crippen LogP contribution in [0.3, 0.4) is 0 Å². The van der Waals surface area contributed by atoms with Crippen molar-refractivity contribution in [3.8, 4) is 11.1 Å². The summed E-state index contributed by atoms with van der Waals surface area (Å²) >= 11 is 0. The predicted molar refractivity (Wildman–Crippen MR) is 183 cm³/mol. The van der Waals surface area contributed by atoms with Gasteiger partial charge < -0.3 is 21.3 Å². The van der Waals surface area contributed by atoms with Gasteiger partial charge in [0.1, 0.15) is 12.1 Å². The summed E-state index contributed by atoms with van der Waals surface area (Å²) < 4.78 is 0. The van der Waals surface area contributed by atoms with Crippen molar-refractivity contribution < 1.29 is 24.0 Å². The first-order chi connectivity index (χ1) is 23.2. The Balaban J connectivity index is 0.000000659. The van der Waals surface area contributed by atoms with Crippen LogP contribution in [0.1, 0.15) is 42.0 Å². The lowest BCUT2D eigenvalue weighted by Crippen LogP contribution is -2.53. The summed E-state index contributed by atoms with van der Waals surface area (Å²) in [5, 5.41) is 10.4. The van der Waals surface area contributed by atoms with E-state index in [0.29, 0.717) is 12.8 Å². The van der Waals surface area contributed by atoms with Crippen LogP contribution in [0.4, 0.5) is 0 Å². The fourth-order valence-electron chi connectivity index (χ4n) is 4.98. The molecule has 5 rings (SSSR count). The molecule has 10 nitrogen and oxygen atoms in total. The largest absolute Gasteiger partial charge is 0.347 e. The lowest BCUT2D eigenvalue weighted by molar-refractivity contribution is -0.138. The van der Waals surface area contributed by atoms with Gasteiger partial charge in [-0.3, -0.25) is 29.0 Å². The molecular weight excluding hydrogens is 606 g/mol. The van der Waals surface area contributed by atoms with Crippen LogP contribution in [0, 0.1) is 6.92 Å². The number of fused-ring (bicyclic) bond motifs is 5. The topological polar surface area (TPSA) is 146 Å². The molecule has 1 unspecified atom stereocenters. The van der Waals surface area contributed by atoms with Crippen LogP contribution in [0.15, 0.2) is 103 Å². The van der Waals surface area contributed by atoms with E-state index >= 15 is 0 Å². The quantitative estimate of drug-likeness (QED) is 0.235. The zero-order valence-corrected chi connectivity index (χ0v) is 27.2. The summed E-state index contributed by atoms with van der Waals surface area (Å²) in [4.78, 5) is 67.5. The molecule has 3 aromatic carbocycles. The van der Waals surface area contributed by atoms with E-state index in [0.717, 1.165) is 27.8 Å². The monoisotopic (exact) mass is 647 g/mol. The number of carbonyl (C=O) groups is 5. The van der Waals surface area contributed by atoms with Gasteiger partial charge >= 0.3 is 0 Å². The number of nitrogens with one attached hydrogen (secondary N) is 4. The van der Waals surface area contributed by atoms with Gasteiger partial charge in [0, 0.05) is 30.9 Å². The predicted octanol–water partition coefficient (Wildman–Crippen LogP) is 3.61. The Labute approximate surface area is 280 Å². The zero-order chi connectivity index (χ0) is 34.3.